The summed E-state index contributed by atoms with van der Waals surface area (Å²) in [5.41, 5.74) is 4.01. The van der Waals surface area contributed by atoms with Crippen LogP contribution in [0.15, 0.2) is 70.5 Å². The number of benzene rings is 4. The monoisotopic (exact) mass is 1130 g/mol. The Morgan fingerprint density at radius 1 is 0.273 bits per heavy atom. The summed E-state index contributed by atoms with van der Waals surface area (Å²) in [5, 5.41) is 3.81. The summed E-state index contributed by atoms with van der Waals surface area (Å²) in [6.07, 6.45) is 54.9. The van der Waals surface area contributed by atoms with E-state index in [4.69, 9.17) is 0 Å². The van der Waals surface area contributed by atoms with Crippen LogP contribution in [0.3, 0.4) is 0 Å². The van der Waals surface area contributed by atoms with E-state index >= 15 is 0 Å². The zero-order valence-corrected chi connectivity index (χ0v) is 53.7. The van der Waals surface area contributed by atoms with Crippen molar-refractivity contribution in [2.75, 3.05) is 0 Å². The first-order chi connectivity index (χ1) is 36.9. The Hall–Kier alpha value is -1.52. The summed E-state index contributed by atoms with van der Waals surface area (Å²) in [5.74, 6) is 0. The molecule has 77 heavy (non-hydrogen) atoms. The molecular formula is C68H110CaO6S2. The molecule has 0 spiro atoms. The van der Waals surface area contributed by atoms with Crippen molar-refractivity contribution in [2.45, 2.75) is 320 Å². The predicted octanol–water partition coefficient (Wildman–Crippen LogP) is 21.0. The van der Waals surface area contributed by atoms with Crippen LogP contribution in [-0.4, -0.2) is 63.7 Å². The molecule has 9 heteroatoms. The van der Waals surface area contributed by atoms with Gasteiger partial charge in [-0.15, -0.1) is 0 Å². The third kappa shape index (κ3) is 33.2. The fourth-order valence-corrected chi connectivity index (χ4v) is 12.7. The van der Waals surface area contributed by atoms with Crippen LogP contribution in [0.4, 0.5) is 0 Å². The molecule has 432 valence electrons. The molecule has 0 aliphatic rings. The van der Waals surface area contributed by atoms with Crippen LogP contribution in [0, 0.1) is 0 Å². The number of hydrogen-bond acceptors (Lipinski definition) is 6. The van der Waals surface area contributed by atoms with Crippen LogP contribution < -0.4 is 0 Å². The number of rotatable bonds is 46. The molecule has 0 radical (unpaired) electrons. The molecule has 4 aromatic rings. The van der Waals surface area contributed by atoms with Crippen LogP contribution in [0.2, 0.25) is 0 Å². The van der Waals surface area contributed by atoms with Gasteiger partial charge in [0.05, 0.1) is 9.79 Å². The van der Waals surface area contributed by atoms with E-state index < -0.39 is 20.2 Å². The van der Waals surface area contributed by atoms with Gasteiger partial charge in [-0.05, 0) is 119 Å². The molecule has 0 fully saturated rings. The normalized spacial score (nSPS) is 11.8. The Labute approximate surface area is 504 Å². The Kier molecular flexibility index (Phi) is 41.9. The van der Waals surface area contributed by atoms with Gasteiger partial charge in [-0.25, -0.2) is 16.8 Å². The Morgan fingerprint density at radius 3 is 0.727 bits per heavy atom. The smallest absolute Gasteiger partial charge is 0.744 e. The van der Waals surface area contributed by atoms with E-state index in [2.05, 4.69) is 52.0 Å². The molecule has 0 bridgehead atoms. The van der Waals surface area contributed by atoms with Gasteiger partial charge in [0, 0.05) is 0 Å². The molecule has 0 aromatic heterocycles. The molecule has 0 aliphatic carbocycles. The number of aryl methyl sites for hydroxylation is 4. The van der Waals surface area contributed by atoms with Crippen LogP contribution in [0.25, 0.3) is 21.5 Å². The van der Waals surface area contributed by atoms with Crippen molar-refractivity contribution in [3.8, 4) is 0 Å². The first-order valence-corrected chi connectivity index (χ1v) is 34.8. The Morgan fingerprint density at radius 2 is 0.494 bits per heavy atom. The van der Waals surface area contributed by atoms with Crippen molar-refractivity contribution in [1.29, 1.82) is 0 Å². The van der Waals surface area contributed by atoms with E-state index in [1.165, 1.54) is 242 Å². The maximum absolute atomic E-state index is 12.0. The van der Waals surface area contributed by atoms with E-state index in [1.54, 1.807) is 12.1 Å². The van der Waals surface area contributed by atoms with Crippen molar-refractivity contribution in [3.63, 3.8) is 0 Å². The second kappa shape index (κ2) is 45.1. The predicted molar refractivity (Wildman–Crippen MR) is 332 cm³/mol. The minimum absolute atomic E-state index is 0. The van der Waals surface area contributed by atoms with Gasteiger partial charge in [0.2, 0.25) is 0 Å². The molecule has 0 saturated carbocycles. The maximum Gasteiger partial charge on any atom is 2.00 e. The summed E-state index contributed by atoms with van der Waals surface area (Å²) >= 11 is 0. The fraction of sp³-hybridized carbons (Fsp3) is 0.706. The van der Waals surface area contributed by atoms with Crippen molar-refractivity contribution < 1.29 is 25.9 Å². The van der Waals surface area contributed by atoms with Gasteiger partial charge >= 0.3 is 37.7 Å². The molecule has 0 unspecified atom stereocenters. The van der Waals surface area contributed by atoms with Gasteiger partial charge in [-0.2, -0.15) is 0 Å². The van der Waals surface area contributed by atoms with E-state index in [1.807, 2.05) is 24.3 Å². The standard InChI is InChI=1S/2C34H56O3S.Ca/c2*1-3-5-7-9-11-13-15-17-19-21-23-30-25-26-31-29-34(38(35,36)37)32(28-33(31)27-30)24-22-20-18-16-14-12-10-8-6-4-2;/h2*25-29H,3-24H2,1-2H3,(H,35,36,37);/q;;+2/p-2. The van der Waals surface area contributed by atoms with E-state index in [0.29, 0.717) is 24.0 Å². The third-order valence-electron chi connectivity index (χ3n) is 15.9. The number of hydrogen-bond donors (Lipinski definition) is 0. The summed E-state index contributed by atoms with van der Waals surface area (Å²) in [6, 6.07) is 19.7. The fourth-order valence-electron chi connectivity index (χ4n) is 11.2. The van der Waals surface area contributed by atoms with Gasteiger partial charge in [-0.3, -0.25) is 0 Å². The molecule has 0 heterocycles. The van der Waals surface area contributed by atoms with Crippen LogP contribution in [0.1, 0.15) is 307 Å². The first-order valence-electron chi connectivity index (χ1n) is 31.9. The first kappa shape index (κ1) is 71.6. The molecule has 0 aliphatic heterocycles. The number of fused-ring (bicyclic) bond motifs is 2. The third-order valence-corrected chi connectivity index (χ3v) is 17.8. The topological polar surface area (TPSA) is 114 Å². The molecular weight excluding hydrogens is 1020 g/mol. The van der Waals surface area contributed by atoms with Crippen molar-refractivity contribution >= 4 is 79.5 Å². The van der Waals surface area contributed by atoms with Crippen LogP contribution in [-0.2, 0) is 45.9 Å². The van der Waals surface area contributed by atoms with Gasteiger partial charge in [0.15, 0.2) is 0 Å². The minimum atomic E-state index is -4.48. The molecule has 0 N–H and O–H groups in total. The number of unbranched alkanes of at least 4 members (excludes halogenated alkanes) is 36. The molecule has 0 atom stereocenters. The van der Waals surface area contributed by atoms with Gasteiger partial charge < -0.3 is 9.11 Å². The quantitative estimate of drug-likeness (QED) is 0.0247. The average molecular weight is 1130 g/mol. The van der Waals surface area contributed by atoms with Crippen LogP contribution in [0.5, 0.6) is 0 Å². The zero-order valence-electron chi connectivity index (χ0n) is 49.9. The van der Waals surface area contributed by atoms with Gasteiger partial charge in [0.1, 0.15) is 20.2 Å². The molecule has 6 nitrogen and oxygen atoms in total. The zero-order chi connectivity index (χ0) is 55.0. The molecule has 4 rings (SSSR count). The molecule has 4 aromatic carbocycles. The average Bonchev–Trinajstić information content (AvgIpc) is 3.40. The summed E-state index contributed by atoms with van der Waals surface area (Å²) in [7, 11) is -8.96. The van der Waals surface area contributed by atoms with Gasteiger partial charge in [-0.1, -0.05) is 295 Å². The minimum Gasteiger partial charge on any atom is -0.744 e. The molecule has 0 amide bonds. The van der Waals surface area contributed by atoms with Gasteiger partial charge in [0.25, 0.3) is 0 Å². The van der Waals surface area contributed by atoms with E-state index in [0.717, 1.165) is 60.1 Å². The summed E-state index contributed by atoms with van der Waals surface area (Å²) < 4.78 is 72.0. The SMILES string of the molecule is CCCCCCCCCCCCc1ccc2cc(S(=O)(=O)[O-])c(CCCCCCCCCCCC)cc2c1.CCCCCCCCCCCCc1ccc2cc(S(=O)(=O)[O-])c(CCCCCCCCCCCC)cc2c1.[Ca+2]. The summed E-state index contributed by atoms with van der Waals surface area (Å²) in [4.78, 5) is -0.0493. The largest absolute Gasteiger partial charge is 2.00 e. The van der Waals surface area contributed by atoms with Crippen LogP contribution >= 0.6 is 0 Å². The maximum atomic E-state index is 12.0. The van der Waals surface area contributed by atoms with Crippen molar-refractivity contribution in [3.05, 3.63) is 82.9 Å². The van der Waals surface area contributed by atoms with Crippen molar-refractivity contribution in [2.24, 2.45) is 0 Å². The van der Waals surface area contributed by atoms with E-state index in [-0.39, 0.29) is 47.5 Å². The molecule has 0 saturated heterocycles. The Balaban J connectivity index is 0.000000520. The van der Waals surface area contributed by atoms with Crippen molar-refractivity contribution in [1.82, 2.24) is 0 Å². The summed E-state index contributed by atoms with van der Waals surface area (Å²) in [6.45, 7) is 9.03. The van der Waals surface area contributed by atoms with E-state index in [9.17, 15) is 25.9 Å². The second-order valence-electron chi connectivity index (χ2n) is 22.9. The second-order valence-corrected chi connectivity index (χ2v) is 25.6. The Bertz CT molecular complexity index is 2160.